The molecule has 2 unspecified atom stereocenters. The second-order valence-corrected chi connectivity index (χ2v) is 5.03. The van der Waals surface area contributed by atoms with Crippen LogP contribution in [0.3, 0.4) is 0 Å². The Balaban J connectivity index is 2.72. The van der Waals surface area contributed by atoms with Crippen molar-refractivity contribution in [1.82, 2.24) is 0 Å². The molecule has 0 spiro atoms. The Labute approximate surface area is 108 Å². The van der Waals surface area contributed by atoms with Crippen molar-refractivity contribution in [2.24, 2.45) is 0 Å². The summed E-state index contributed by atoms with van der Waals surface area (Å²) in [6.45, 7) is 7.94. The smallest absolute Gasteiger partial charge is 0.0741 e. The summed E-state index contributed by atoms with van der Waals surface area (Å²) in [5.74, 6) is 0.924. The van der Waals surface area contributed by atoms with E-state index in [4.69, 9.17) is 4.74 Å². The molecular weight excluding hydrogens is 230 g/mol. The molecule has 0 radical (unpaired) electrons. The largest absolute Gasteiger partial charge is 0.380 e. The molecule has 1 rings (SSSR count). The van der Waals surface area contributed by atoms with E-state index < -0.39 is 0 Å². The number of rotatable bonds is 7. The highest BCUT2D eigenvalue weighted by molar-refractivity contribution is 7.99. The number of hydrogen-bond acceptors (Lipinski definition) is 3. The van der Waals surface area contributed by atoms with E-state index in [2.05, 4.69) is 43.9 Å². The Morgan fingerprint density at radius 2 is 2.12 bits per heavy atom. The highest BCUT2D eigenvalue weighted by Crippen LogP contribution is 2.27. The second kappa shape index (κ2) is 7.41. The zero-order chi connectivity index (χ0) is 12.7. The quantitative estimate of drug-likeness (QED) is 0.588. The Bertz CT molecular complexity index is 354. The van der Waals surface area contributed by atoms with Crippen LogP contribution in [0.2, 0.25) is 0 Å². The maximum atomic E-state index is 5.32. The van der Waals surface area contributed by atoms with Crippen LogP contribution in [-0.4, -0.2) is 25.0 Å². The lowest BCUT2D eigenvalue weighted by Crippen LogP contribution is -2.29. The van der Waals surface area contributed by atoms with Gasteiger partial charge in [-0.3, -0.25) is 0 Å². The molecule has 0 saturated heterocycles. The summed E-state index contributed by atoms with van der Waals surface area (Å²) in [4.78, 5) is 1.25. The van der Waals surface area contributed by atoms with Crippen molar-refractivity contribution in [2.45, 2.75) is 30.9 Å². The van der Waals surface area contributed by atoms with E-state index in [0.29, 0.717) is 0 Å². The molecule has 0 aliphatic heterocycles. The van der Waals surface area contributed by atoms with E-state index >= 15 is 0 Å². The fraction of sp³-hybridized carbons (Fsp3) is 0.429. The van der Waals surface area contributed by atoms with Gasteiger partial charge in [-0.2, -0.15) is 0 Å². The first-order valence-corrected chi connectivity index (χ1v) is 6.79. The molecule has 0 bridgehead atoms. The predicted molar refractivity (Wildman–Crippen MR) is 76.9 cm³/mol. The zero-order valence-corrected chi connectivity index (χ0v) is 11.6. The fourth-order valence-corrected chi connectivity index (χ4v) is 2.18. The average Bonchev–Trinajstić information content (AvgIpc) is 2.36. The zero-order valence-electron chi connectivity index (χ0n) is 10.8. The van der Waals surface area contributed by atoms with Crippen LogP contribution < -0.4 is 5.32 Å². The second-order valence-electron chi connectivity index (χ2n) is 3.97. The van der Waals surface area contributed by atoms with Crippen LogP contribution in [0, 0.1) is 0 Å². The van der Waals surface area contributed by atoms with E-state index in [1.54, 1.807) is 18.9 Å². The highest BCUT2D eigenvalue weighted by atomic mass is 32.2. The fourth-order valence-electron chi connectivity index (χ4n) is 1.43. The summed E-state index contributed by atoms with van der Waals surface area (Å²) in [5.41, 5.74) is 1.16. The normalized spacial score (nSPS) is 14.1. The molecule has 0 fully saturated rings. The molecule has 0 saturated carbocycles. The molecule has 0 aliphatic rings. The molecule has 3 heteroatoms. The summed E-state index contributed by atoms with van der Waals surface area (Å²) in [6, 6.07) is 8.61. The summed E-state index contributed by atoms with van der Waals surface area (Å²) >= 11 is 1.79. The number of thioether (sulfide) groups is 1. The third-order valence-electron chi connectivity index (χ3n) is 2.70. The van der Waals surface area contributed by atoms with E-state index in [1.807, 2.05) is 12.1 Å². The Hall–Kier alpha value is -0.930. The highest BCUT2D eigenvalue weighted by Gasteiger charge is 2.12. The van der Waals surface area contributed by atoms with Crippen molar-refractivity contribution in [2.75, 3.05) is 18.2 Å². The van der Waals surface area contributed by atoms with Gasteiger partial charge in [0.2, 0.25) is 0 Å². The molecule has 1 N–H and O–H groups in total. The van der Waals surface area contributed by atoms with Gasteiger partial charge in [0.25, 0.3) is 0 Å². The Morgan fingerprint density at radius 3 is 2.76 bits per heavy atom. The Morgan fingerprint density at radius 1 is 1.41 bits per heavy atom. The number of hydrogen-bond donors (Lipinski definition) is 1. The lowest BCUT2D eigenvalue weighted by atomic mass is 10.2. The van der Waals surface area contributed by atoms with Gasteiger partial charge in [0.15, 0.2) is 0 Å². The topological polar surface area (TPSA) is 21.3 Å². The molecule has 2 atom stereocenters. The number of ether oxygens (including phenoxy) is 1. The molecule has 0 amide bonds. The van der Waals surface area contributed by atoms with Gasteiger partial charge in [0.05, 0.1) is 6.10 Å². The van der Waals surface area contributed by atoms with Crippen LogP contribution in [-0.2, 0) is 4.74 Å². The molecule has 0 aliphatic carbocycles. The van der Waals surface area contributed by atoms with Crippen LogP contribution in [0.15, 0.2) is 41.8 Å². The first-order valence-electron chi connectivity index (χ1n) is 5.81. The van der Waals surface area contributed by atoms with Crippen LogP contribution in [0.4, 0.5) is 5.69 Å². The summed E-state index contributed by atoms with van der Waals surface area (Å²) in [5, 5.41) is 3.49. The van der Waals surface area contributed by atoms with Gasteiger partial charge in [-0.1, -0.05) is 18.2 Å². The number of methoxy groups -OCH3 is 1. The van der Waals surface area contributed by atoms with Crippen molar-refractivity contribution in [3.63, 3.8) is 0 Å². The lowest BCUT2D eigenvalue weighted by molar-refractivity contribution is 0.106. The molecule has 94 valence electrons. The maximum absolute atomic E-state index is 5.32. The van der Waals surface area contributed by atoms with Crippen molar-refractivity contribution < 1.29 is 4.74 Å². The predicted octanol–water partition coefficient (Wildman–Crippen LogP) is 3.80. The minimum Gasteiger partial charge on any atom is -0.380 e. The first kappa shape index (κ1) is 14.1. The van der Waals surface area contributed by atoms with E-state index in [-0.39, 0.29) is 12.1 Å². The van der Waals surface area contributed by atoms with Gasteiger partial charge in [-0.15, -0.1) is 18.3 Å². The van der Waals surface area contributed by atoms with Gasteiger partial charge in [-0.25, -0.2) is 0 Å². The van der Waals surface area contributed by atoms with Gasteiger partial charge in [0, 0.05) is 29.5 Å². The molecule has 2 nitrogen and oxygen atoms in total. The molecule has 17 heavy (non-hydrogen) atoms. The first-order chi connectivity index (χ1) is 8.19. The van der Waals surface area contributed by atoms with Gasteiger partial charge in [-0.05, 0) is 26.0 Å². The Kier molecular flexibility index (Phi) is 6.16. The standard InChI is InChI=1S/C14H21NOS/c1-5-10-17-14-9-7-6-8-13(14)15-11(2)12(3)16-4/h5-9,11-12,15H,1,10H2,2-4H3. The van der Waals surface area contributed by atoms with E-state index in [0.717, 1.165) is 11.4 Å². The third-order valence-corrected chi connectivity index (χ3v) is 3.77. The SMILES string of the molecule is C=CCSc1ccccc1NC(C)C(C)OC. The lowest BCUT2D eigenvalue weighted by Gasteiger charge is -2.22. The number of benzene rings is 1. The van der Waals surface area contributed by atoms with Crippen LogP contribution in [0.5, 0.6) is 0 Å². The van der Waals surface area contributed by atoms with Crippen LogP contribution in [0.1, 0.15) is 13.8 Å². The molecule has 0 heterocycles. The monoisotopic (exact) mass is 251 g/mol. The van der Waals surface area contributed by atoms with Gasteiger partial charge in [0.1, 0.15) is 0 Å². The van der Waals surface area contributed by atoms with Crippen LogP contribution >= 0.6 is 11.8 Å². The van der Waals surface area contributed by atoms with E-state index in [9.17, 15) is 0 Å². The molecule has 1 aromatic carbocycles. The van der Waals surface area contributed by atoms with E-state index in [1.165, 1.54) is 4.90 Å². The number of anilines is 1. The summed E-state index contributed by atoms with van der Waals surface area (Å²) in [6.07, 6.45) is 2.11. The summed E-state index contributed by atoms with van der Waals surface area (Å²) in [7, 11) is 1.74. The van der Waals surface area contributed by atoms with Crippen molar-refractivity contribution in [3.8, 4) is 0 Å². The minimum absolute atomic E-state index is 0.187. The third kappa shape index (κ3) is 4.44. The summed E-state index contributed by atoms with van der Waals surface area (Å²) < 4.78 is 5.32. The average molecular weight is 251 g/mol. The van der Waals surface area contributed by atoms with Crippen molar-refractivity contribution in [1.29, 1.82) is 0 Å². The molecule has 0 aromatic heterocycles. The van der Waals surface area contributed by atoms with Gasteiger partial charge >= 0.3 is 0 Å². The number of nitrogens with one attached hydrogen (secondary N) is 1. The van der Waals surface area contributed by atoms with Crippen molar-refractivity contribution >= 4 is 17.4 Å². The van der Waals surface area contributed by atoms with Gasteiger partial charge < -0.3 is 10.1 Å². The minimum atomic E-state index is 0.187. The van der Waals surface area contributed by atoms with Crippen LogP contribution in [0.25, 0.3) is 0 Å². The molecule has 1 aromatic rings. The maximum Gasteiger partial charge on any atom is 0.0741 e. The molecular formula is C14H21NOS. The van der Waals surface area contributed by atoms with Crippen molar-refractivity contribution in [3.05, 3.63) is 36.9 Å². The number of para-hydroxylation sites is 1.